The molecule has 4 heteroatoms. The van der Waals surface area contributed by atoms with Gasteiger partial charge in [0.25, 0.3) is 0 Å². The molecule has 0 saturated carbocycles. The molecule has 0 fully saturated rings. The standard InChI is InChI=1S/C59H38N4/c1-59(2)46-28-14-12-25-43(46)56-55(59)57(45-27-16-30-48-51(45)44-26-13-15-29-47(44)62(48)36-18-4-3-5-19-36)61-58(60-56)63-49-33-31-35-17-6-7-20-37(35)53(49)54-50(63)34-32-42-40-23-9-8-21-38(40)39-22-10-11-24-41(39)52(42)54/h3-34H,1-2H3. The fraction of sp³-hybridized carbons (Fsp3) is 0.0508. The summed E-state index contributed by atoms with van der Waals surface area (Å²) < 4.78 is 4.75. The first-order chi connectivity index (χ1) is 31.1. The molecule has 1 aliphatic rings. The van der Waals surface area contributed by atoms with Gasteiger partial charge in [-0.25, -0.2) is 9.97 Å². The summed E-state index contributed by atoms with van der Waals surface area (Å²) in [6.07, 6.45) is 0. The summed E-state index contributed by atoms with van der Waals surface area (Å²) in [6, 6.07) is 70.8. The molecule has 0 amide bonds. The molecule has 0 bridgehead atoms. The third-order valence-corrected chi connectivity index (χ3v) is 14.1. The van der Waals surface area contributed by atoms with Crippen LogP contribution in [0.4, 0.5) is 0 Å². The highest BCUT2D eigenvalue weighted by atomic mass is 15.2. The maximum atomic E-state index is 5.89. The van der Waals surface area contributed by atoms with E-state index < -0.39 is 0 Å². The Bertz CT molecular complexity index is 4080. The lowest BCUT2D eigenvalue weighted by Crippen LogP contribution is -2.18. The van der Waals surface area contributed by atoms with E-state index in [1.807, 2.05) is 0 Å². The summed E-state index contributed by atoms with van der Waals surface area (Å²) in [5.41, 5.74) is 11.9. The largest absolute Gasteiger partial charge is 0.309 e. The Kier molecular flexibility index (Phi) is 6.87. The monoisotopic (exact) mass is 802 g/mol. The number of para-hydroxylation sites is 2. The second kappa shape index (κ2) is 12.5. The molecule has 3 aromatic heterocycles. The Morgan fingerprint density at radius 2 is 0.889 bits per heavy atom. The topological polar surface area (TPSA) is 35.6 Å². The van der Waals surface area contributed by atoms with Crippen LogP contribution < -0.4 is 0 Å². The van der Waals surface area contributed by atoms with Crippen molar-refractivity contribution in [1.82, 2.24) is 19.1 Å². The molecule has 0 saturated heterocycles. The number of nitrogens with zero attached hydrogens (tertiary/aromatic N) is 4. The van der Waals surface area contributed by atoms with Gasteiger partial charge >= 0.3 is 0 Å². The molecule has 3 heterocycles. The van der Waals surface area contributed by atoms with E-state index in [4.69, 9.17) is 9.97 Å². The Balaban J connectivity index is 1.17. The zero-order chi connectivity index (χ0) is 41.6. The van der Waals surface area contributed by atoms with Gasteiger partial charge in [-0.3, -0.25) is 4.57 Å². The molecule has 0 N–H and O–H groups in total. The molecule has 10 aromatic carbocycles. The molecular formula is C59H38N4. The van der Waals surface area contributed by atoms with Crippen LogP contribution in [-0.2, 0) is 5.41 Å². The van der Waals surface area contributed by atoms with Crippen molar-refractivity contribution in [3.8, 4) is 34.2 Å². The fourth-order valence-electron chi connectivity index (χ4n) is 11.5. The van der Waals surface area contributed by atoms with Gasteiger partial charge < -0.3 is 4.57 Å². The van der Waals surface area contributed by atoms with E-state index in [0.717, 1.165) is 50.3 Å². The first-order valence-corrected chi connectivity index (χ1v) is 21.8. The third kappa shape index (κ3) is 4.54. The van der Waals surface area contributed by atoms with Crippen LogP contribution in [0.5, 0.6) is 0 Å². The van der Waals surface area contributed by atoms with Gasteiger partial charge in [0, 0.05) is 54.7 Å². The summed E-state index contributed by atoms with van der Waals surface area (Å²) >= 11 is 0. The summed E-state index contributed by atoms with van der Waals surface area (Å²) in [7, 11) is 0. The lowest BCUT2D eigenvalue weighted by molar-refractivity contribution is 0.657. The molecule has 0 aliphatic heterocycles. The second-order valence-corrected chi connectivity index (χ2v) is 17.6. The predicted molar refractivity (Wildman–Crippen MR) is 264 cm³/mol. The van der Waals surface area contributed by atoms with Gasteiger partial charge in [-0.2, -0.15) is 0 Å². The number of hydrogen-bond acceptors (Lipinski definition) is 2. The zero-order valence-corrected chi connectivity index (χ0v) is 34.8. The molecule has 294 valence electrons. The van der Waals surface area contributed by atoms with E-state index in [0.29, 0.717) is 5.95 Å². The van der Waals surface area contributed by atoms with Crippen LogP contribution in [0.15, 0.2) is 194 Å². The van der Waals surface area contributed by atoms with Crippen LogP contribution in [0.2, 0.25) is 0 Å². The van der Waals surface area contributed by atoms with E-state index in [2.05, 4.69) is 217 Å². The van der Waals surface area contributed by atoms with E-state index in [1.54, 1.807) is 0 Å². The zero-order valence-electron chi connectivity index (χ0n) is 34.8. The van der Waals surface area contributed by atoms with Crippen molar-refractivity contribution < 1.29 is 0 Å². The van der Waals surface area contributed by atoms with Crippen molar-refractivity contribution in [2.24, 2.45) is 0 Å². The summed E-state index contributed by atoms with van der Waals surface area (Å²) in [5, 5.41) is 14.8. The van der Waals surface area contributed by atoms with E-state index in [-0.39, 0.29) is 5.41 Å². The van der Waals surface area contributed by atoms with Crippen LogP contribution in [0.3, 0.4) is 0 Å². The van der Waals surface area contributed by atoms with Crippen LogP contribution in [0, 0.1) is 0 Å². The Labute approximate surface area is 362 Å². The molecule has 14 rings (SSSR count). The molecule has 13 aromatic rings. The van der Waals surface area contributed by atoms with Crippen LogP contribution in [0.1, 0.15) is 25.0 Å². The average molecular weight is 803 g/mol. The van der Waals surface area contributed by atoms with Gasteiger partial charge in [0.1, 0.15) is 0 Å². The van der Waals surface area contributed by atoms with Gasteiger partial charge in [0.15, 0.2) is 0 Å². The number of fused-ring (bicyclic) bond motifs is 18. The van der Waals surface area contributed by atoms with Crippen molar-refractivity contribution in [2.75, 3.05) is 0 Å². The average Bonchev–Trinajstić information content (AvgIpc) is 3.95. The van der Waals surface area contributed by atoms with Crippen LogP contribution in [0.25, 0.3) is 121 Å². The van der Waals surface area contributed by atoms with Crippen molar-refractivity contribution in [2.45, 2.75) is 19.3 Å². The van der Waals surface area contributed by atoms with Crippen LogP contribution >= 0.6 is 0 Å². The highest BCUT2D eigenvalue weighted by Crippen LogP contribution is 2.53. The van der Waals surface area contributed by atoms with Gasteiger partial charge in [-0.15, -0.1) is 0 Å². The van der Waals surface area contributed by atoms with E-state index in [1.165, 1.54) is 75.7 Å². The van der Waals surface area contributed by atoms with Crippen molar-refractivity contribution in [3.05, 3.63) is 205 Å². The first kappa shape index (κ1) is 34.6. The summed E-state index contributed by atoms with van der Waals surface area (Å²) in [5.74, 6) is 0.666. The quantitative estimate of drug-likeness (QED) is 0.167. The van der Waals surface area contributed by atoms with Gasteiger partial charge in [-0.1, -0.05) is 172 Å². The first-order valence-electron chi connectivity index (χ1n) is 21.8. The third-order valence-electron chi connectivity index (χ3n) is 14.1. The molecular weight excluding hydrogens is 765 g/mol. The van der Waals surface area contributed by atoms with Crippen molar-refractivity contribution >= 4 is 86.7 Å². The molecule has 0 spiro atoms. The predicted octanol–water partition coefficient (Wildman–Crippen LogP) is 15.3. The van der Waals surface area contributed by atoms with Crippen LogP contribution in [-0.4, -0.2) is 19.1 Å². The normalized spacial score (nSPS) is 13.4. The highest BCUT2D eigenvalue weighted by Gasteiger charge is 2.41. The SMILES string of the molecule is CC1(C)c2ccccc2-c2nc(-n3c4ccc5ccccc5c4c4c5c6ccccc6c6ccccc6c5ccc43)nc(-c3cccc4c3c3ccccc3n4-c3ccccc3)c21. The minimum Gasteiger partial charge on any atom is -0.309 e. The molecule has 63 heavy (non-hydrogen) atoms. The Morgan fingerprint density at radius 3 is 1.68 bits per heavy atom. The lowest BCUT2D eigenvalue weighted by Gasteiger charge is -2.24. The molecule has 1 aliphatic carbocycles. The minimum atomic E-state index is -0.354. The molecule has 0 atom stereocenters. The number of rotatable bonds is 3. The maximum absolute atomic E-state index is 5.89. The number of hydrogen-bond donors (Lipinski definition) is 0. The van der Waals surface area contributed by atoms with Crippen molar-refractivity contribution in [3.63, 3.8) is 0 Å². The lowest BCUT2D eigenvalue weighted by atomic mass is 9.80. The van der Waals surface area contributed by atoms with Gasteiger partial charge in [0.05, 0.1) is 33.5 Å². The minimum absolute atomic E-state index is 0.354. The van der Waals surface area contributed by atoms with E-state index in [9.17, 15) is 0 Å². The molecule has 0 unspecified atom stereocenters. The Hall–Kier alpha value is -8.08. The number of aromatic nitrogens is 4. The molecule has 4 nitrogen and oxygen atoms in total. The summed E-state index contributed by atoms with van der Waals surface area (Å²) in [6.45, 7) is 4.68. The van der Waals surface area contributed by atoms with Crippen molar-refractivity contribution in [1.29, 1.82) is 0 Å². The highest BCUT2D eigenvalue weighted by molar-refractivity contribution is 6.37. The fourth-order valence-corrected chi connectivity index (χ4v) is 11.5. The van der Waals surface area contributed by atoms with Gasteiger partial charge in [-0.05, 0) is 79.7 Å². The van der Waals surface area contributed by atoms with E-state index >= 15 is 0 Å². The second-order valence-electron chi connectivity index (χ2n) is 17.6. The maximum Gasteiger partial charge on any atom is 0.235 e. The summed E-state index contributed by atoms with van der Waals surface area (Å²) in [4.78, 5) is 11.6. The molecule has 0 radical (unpaired) electrons. The Morgan fingerprint density at radius 1 is 0.349 bits per heavy atom. The number of benzene rings is 10. The van der Waals surface area contributed by atoms with Gasteiger partial charge in [0.2, 0.25) is 5.95 Å². The smallest absolute Gasteiger partial charge is 0.235 e.